The van der Waals surface area contributed by atoms with Gasteiger partial charge in [0.2, 0.25) is 5.78 Å². The van der Waals surface area contributed by atoms with Crippen LogP contribution in [0.15, 0.2) is 58.6 Å². The van der Waals surface area contributed by atoms with E-state index in [2.05, 4.69) is 4.98 Å². The number of thiazole rings is 1. The molecule has 3 aromatic rings. The summed E-state index contributed by atoms with van der Waals surface area (Å²) >= 11 is 2.45. The van der Waals surface area contributed by atoms with Crippen LogP contribution in [0.5, 0.6) is 11.5 Å². The fourth-order valence-electron chi connectivity index (χ4n) is 3.20. The minimum atomic E-state index is -0.900. The molecule has 0 spiro atoms. The standard InChI is InChI=1S/C20H16N2O5S2/c1-2-27-13-10-11(5-6-12(13)23)16-15(17(24)14-4-3-8-28-14)18(25)19(26)22(16)20-21-7-9-29-20/h3-10,16,23,25H,2H2,1H3/t16-/m0/s1. The van der Waals surface area contributed by atoms with Gasteiger partial charge in [0.15, 0.2) is 22.4 Å². The molecule has 0 radical (unpaired) electrons. The summed E-state index contributed by atoms with van der Waals surface area (Å²) in [5.74, 6) is -1.56. The second kappa shape index (κ2) is 7.69. The van der Waals surface area contributed by atoms with Gasteiger partial charge in [-0.1, -0.05) is 12.1 Å². The first kappa shape index (κ1) is 19.2. The molecule has 1 aliphatic rings. The smallest absolute Gasteiger partial charge is 0.296 e. The number of benzene rings is 1. The zero-order valence-electron chi connectivity index (χ0n) is 15.2. The second-order valence-electron chi connectivity index (χ2n) is 6.12. The highest BCUT2D eigenvalue weighted by molar-refractivity contribution is 7.14. The van der Waals surface area contributed by atoms with Crippen molar-refractivity contribution in [1.29, 1.82) is 0 Å². The number of ketones is 1. The summed E-state index contributed by atoms with van der Waals surface area (Å²) < 4.78 is 5.46. The zero-order valence-corrected chi connectivity index (χ0v) is 16.9. The molecule has 9 heteroatoms. The number of carbonyl (C=O) groups excluding carboxylic acids is 2. The van der Waals surface area contributed by atoms with Crippen LogP contribution < -0.4 is 9.64 Å². The van der Waals surface area contributed by atoms with E-state index in [4.69, 9.17) is 4.74 Å². The number of Topliss-reactive ketones (excluding diaryl/α,β-unsaturated/α-hetero) is 1. The molecule has 3 heterocycles. The maximum Gasteiger partial charge on any atom is 0.296 e. The number of aliphatic hydroxyl groups is 1. The lowest BCUT2D eigenvalue weighted by Crippen LogP contribution is -2.30. The number of phenolic OH excluding ortho intramolecular Hbond substituents is 1. The number of nitrogens with zero attached hydrogens (tertiary/aromatic N) is 2. The first-order valence-electron chi connectivity index (χ1n) is 8.73. The van der Waals surface area contributed by atoms with Crippen molar-refractivity contribution in [2.75, 3.05) is 11.5 Å². The van der Waals surface area contributed by atoms with Crippen LogP contribution in [-0.2, 0) is 4.79 Å². The summed E-state index contributed by atoms with van der Waals surface area (Å²) in [6.45, 7) is 2.11. The van der Waals surface area contributed by atoms with Gasteiger partial charge in [0.1, 0.15) is 0 Å². The van der Waals surface area contributed by atoms with Crippen LogP contribution in [0, 0.1) is 0 Å². The number of aromatic nitrogens is 1. The Hall–Kier alpha value is -3.17. The normalized spacial score (nSPS) is 16.5. The monoisotopic (exact) mass is 428 g/mol. The molecule has 1 atom stereocenters. The fourth-order valence-corrected chi connectivity index (χ4v) is 4.54. The predicted molar refractivity (Wildman–Crippen MR) is 110 cm³/mol. The van der Waals surface area contributed by atoms with E-state index in [0.717, 1.165) is 0 Å². The third-order valence-electron chi connectivity index (χ3n) is 4.42. The number of thiophene rings is 1. The van der Waals surface area contributed by atoms with Crippen LogP contribution in [-0.4, -0.2) is 33.5 Å². The number of hydrogen-bond donors (Lipinski definition) is 2. The van der Waals surface area contributed by atoms with Crippen LogP contribution in [0.25, 0.3) is 0 Å². The molecule has 0 aliphatic carbocycles. The Kier molecular flexibility index (Phi) is 5.08. The average molecular weight is 428 g/mol. The highest BCUT2D eigenvalue weighted by atomic mass is 32.1. The molecule has 2 aromatic heterocycles. The summed E-state index contributed by atoms with van der Waals surface area (Å²) in [7, 11) is 0. The number of carbonyl (C=O) groups is 2. The van der Waals surface area contributed by atoms with Gasteiger partial charge in [0.25, 0.3) is 5.91 Å². The molecular weight excluding hydrogens is 412 g/mol. The largest absolute Gasteiger partial charge is 0.504 e. The number of aliphatic hydroxyl groups excluding tert-OH is 1. The lowest BCUT2D eigenvalue weighted by atomic mass is 9.95. The van der Waals surface area contributed by atoms with Crippen molar-refractivity contribution in [2.45, 2.75) is 13.0 Å². The summed E-state index contributed by atoms with van der Waals surface area (Å²) in [6.07, 6.45) is 1.54. The van der Waals surface area contributed by atoms with Gasteiger partial charge in [0, 0.05) is 11.6 Å². The summed E-state index contributed by atoms with van der Waals surface area (Å²) in [5.41, 5.74) is 0.486. The van der Waals surface area contributed by atoms with Crippen molar-refractivity contribution in [3.8, 4) is 11.5 Å². The van der Waals surface area contributed by atoms with E-state index in [1.807, 2.05) is 0 Å². The van der Waals surface area contributed by atoms with Crippen LogP contribution in [0.4, 0.5) is 5.13 Å². The Morgan fingerprint density at radius 3 is 2.72 bits per heavy atom. The van der Waals surface area contributed by atoms with Crippen LogP contribution in [0.2, 0.25) is 0 Å². The molecule has 0 saturated carbocycles. The van der Waals surface area contributed by atoms with E-state index in [0.29, 0.717) is 22.2 Å². The topological polar surface area (TPSA) is 100.0 Å². The molecule has 29 heavy (non-hydrogen) atoms. The lowest BCUT2D eigenvalue weighted by Gasteiger charge is -2.25. The SMILES string of the molecule is CCOc1cc([C@H]2C(C(=O)c3cccs3)=C(O)C(=O)N2c2nccs2)ccc1O. The number of phenols is 1. The highest BCUT2D eigenvalue weighted by Gasteiger charge is 2.46. The quantitative estimate of drug-likeness (QED) is 0.574. The molecule has 148 valence electrons. The van der Waals surface area contributed by atoms with E-state index < -0.39 is 23.5 Å². The number of hydrogen-bond acceptors (Lipinski definition) is 8. The van der Waals surface area contributed by atoms with Crippen molar-refractivity contribution in [1.82, 2.24) is 4.98 Å². The summed E-state index contributed by atoms with van der Waals surface area (Å²) in [6, 6.07) is 7.07. The third-order valence-corrected chi connectivity index (χ3v) is 6.06. The molecular formula is C20H16N2O5S2. The first-order chi connectivity index (χ1) is 14.0. The van der Waals surface area contributed by atoms with Crippen LogP contribution >= 0.6 is 22.7 Å². The number of anilines is 1. The van der Waals surface area contributed by atoms with E-state index in [9.17, 15) is 19.8 Å². The van der Waals surface area contributed by atoms with Crippen molar-refractivity contribution >= 4 is 39.5 Å². The van der Waals surface area contributed by atoms with Crippen molar-refractivity contribution < 1.29 is 24.5 Å². The van der Waals surface area contributed by atoms with E-state index in [1.54, 1.807) is 48.1 Å². The number of ether oxygens (including phenoxy) is 1. The van der Waals surface area contributed by atoms with E-state index >= 15 is 0 Å². The molecule has 1 aromatic carbocycles. The van der Waals surface area contributed by atoms with Gasteiger partial charge in [-0.15, -0.1) is 22.7 Å². The highest BCUT2D eigenvalue weighted by Crippen LogP contribution is 2.44. The minimum Gasteiger partial charge on any atom is -0.504 e. The van der Waals surface area contributed by atoms with Gasteiger partial charge in [-0.25, -0.2) is 4.98 Å². The number of amides is 1. The molecule has 0 fully saturated rings. The van der Waals surface area contributed by atoms with Gasteiger partial charge in [-0.05, 0) is 36.1 Å². The molecule has 0 saturated heterocycles. The molecule has 4 rings (SSSR count). The van der Waals surface area contributed by atoms with Crippen molar-refractivity contribution in [3.05, 3.63) is 69.1 Å². The van der Waals surface area contributed by atoms with Gasteiger partial charge >= 0.3 is 0 Å². The Balaban J connectivity index is 1.88. The Labute approximate surface area is 174 Å². The molecule has 1 amide bonds. The average Bonchev–Trinajstić information content (AvgIpc) is 3.46. The van der Waals surface area contributed by atoms with Crippen LogP contribution in [0.3, 0.4) is 0 Å². The van der Waals surface area contributed by atoms with E-state index in [-0.39, 0.29) is 17.1 Å². The van der Waals surface area contributed by atoms with E-state index in [1.165, 1.54) is 33.6 Å². The Morgan fingerprint density at radius 1 is 1.24 bits per heavy atom. The summed E-state index contributed by atoms with van der Waals surface area (Å²) in [4.78, 5) is 32.0. The molecule has 2 N–H and O–H groups in total. The minimum absolute atomic E-state index is 0.0270. The van der Waals surface area contributed by atoms with Gasteiger partial charge in [-0.3, -0.25) is 14.5 Å². The molecule has 0 bridgehead atoms. The molecule has 0 unspecified atom stereocenters. The predicted octanol–water partition coefficient (Wildman–Crippen LogP) is 4.09. The second-order valence-corrected chi connectivity index (χ2v) is 7.94. The van der Waals surface area contributed by atoms with Crippen molar-refractivity contribution in [2.24, 2.45) is 0 Å². The third kappa shape index (κ3) is 3.28. The van der Waals surface area contributed by atoms with Gasteiger partial charge in [-0.2, -0.15) is 0 Å². The number of rotatable bonds is 6. The maximum atomic E-state index is 13.2. The number of aromatic hydroxyl groups is 1. The zero-order chi connectivity index (χ0) is 20.5. The Morgan fingerprint density at radius 2 is 2.07 bits per heavy atom. The lowest BCUT2D eigenvalue weighted by molar-refractivity contribution is -0.117. The van der Waals surface area contributed by atoms with Crippen LogP contribution in [0.1, 0.15) is 28.2 Å². The fraction of sp³-hybridized carbons (Fsp3) is 0.150. The Bertz CT molecular complexity index is 1090. The van der Waals surface area contributed by atoms with Crippen molar-refractivity contribution in [3.63, 3.8) is 0 Å². The first-order valence-corrected chi connectivity index (χ1v) is 10.5. The summed E-state index contributed by atoms with van der Waals surface area (Å²) in [5, 5.41) is 24.5. The molecule has 1 aliphatic heterocycles. The van der Waals surface area contributed by atoms with Gasteiger partial charge in [0.05, 0.1) is 23.1 Å². The maximum absolute atomic E-state index is 13.2. The molecule has 7 nitrogen and oxygen atoms in total. The van der Waals surface area contributed by atoms with Gasteiger partial charge < -0.3 is 14.9 Å².